The van der Waals surface area contributed by atoms with E-state index in [0.717, 1.165) is 56.0 Å². The molecule has 0 spiro atoms. The molecule has 152 valence electrons. The smallest absolute Gasteiger partial charge is 0.230 e. The summed E-state index contributed by atoms with van der Waals surface area (Å²) in [6, 6.07) is 13.9. The first-order valence-corrected chi connectivity index (χ1v) is 9.80. The number of fused-ring (bicyclic) bond motifs is 1. The van der Waals surface area contributed by atoms with E-state index < -0.39 is 0 Å². The van der Waals surface area contributed by atoms with Gasteiger partial charge < -0.3 is 18.8 Å². The summed E-state index contributed by atoms with van der Waals surface area (Å²) in [6.45, 7) is 5.28. The second-order valence-corrected chi connectivity index (χ2v) is 6.85. The van der Waals surface area contributed by atoms with Crippen LogP contribution in [0.1, 0.15) is 5.56 Å². The van der Waals surface area contributed by atoms with Crippen LogP contribution >= 0.6 is 0 Å². The van der Waals surface area contributed by atoms with Crippen molar-refractivity contribution in [1.29, 1.82) is 0 Å². The summed E-state index contributed by atoms with van der Waals surface area (Å²) < 4.78 is 18.5. The Morgan fingerprint density at radius 3 is 2.66 bits per heavy atom. The molecule has 4 rings (SSSR count). The van der Waals surface area contributed by atoms with Crippen LogP contribution in [0.25, 0.3) is 11.0 Å². The highest BCUT2D eigenvalue weighted by Crippen LogP contribution is 2.30. The van der Waals surface area contributed by atoms with Crippen molar-refractivity contribution in [3.63, 3.8) is 0 Å². The third-order valence-electron chi connectivity index (χ3n) is 5.13. The van der Waals surface area contributed by atoms with Gasteiger partial charge in [-0.05, 0) is 24.3 Å². The molecule has 7 nitrogen and oxygen atoms in total. The molecule has 0 amide bonds. The van der Waals surface area contributed by atoms with Gasteiger partial charge in [0.25, 0.3) is 0 Å². The normalized spacial score (nSPS) is 15.2. The number of imidazole rings is 1. The van der Waals surface area contributed by atoms with Gasteiger partial charge in [-0.25, -0.2) is 9.98 Å². The van der Waals surface area contributed by atoms with Crippen molar-refractivity contribution in [2.24, 2.45) is 4.99 Å². The largest absolute Gasteiger partial charge is 0.493 e. The van der Waals surface area contributed by atoms with Crippen molar-refractivity contribution in [2.45, 2.75) is 6.54 Å². The van der Waals surface area contributed by atoms with Gasteiger partial charge in [-0.3, -0.25) is 4.90 Å². The molecule has 0 atom stereocenters. The van der Waals surface area contributed by atoms with Crippen molar-refractivity contribution in [3.05, 3.63) is 48.0 Å². The highest BCUT2D eigenvalue weighted by atomic mass is 16.5. The SMILES string of the molecule is COc1cccc(/C=N/c2nc3ccccc3n2CCN2CCOCC2)c1OC. The van der Waals surface area contributed by atoms with Gasteiger partial charge in [0, 0.05) is 38.0 Å². The molecular weight excluding hydrogens is 368 g/mol. The zero-order valence-electron chi connectivity index (χ0n) is 16.9. The van der Waals surface area contributed by atoms with Crippen LogP contribution in [0, 0.1) is 0 Å². The monoisotopic (exact) mass is 394 g/mol. The second-order valence-electron chi connectivity index (χ2n) is 6.85. The molecular formula is C22H26N4O3. The van der Waals surface area contributed by atoms with E-state index in [4.69, 9.17) is 24.2 Å². The molecule has 29 heavy (non-hydrogen) atoms. The van der Waals surface area contributed by atoms with Crippen molar-refractivity contribution in [2.75, 3.05) is 47.1 Å². The number of methoxy groups -OCH3 is 2. The van der Waals surface area contributed by atoms with Crippen LogP contribution in [0.15, 0.2) is 47.5 Å². The minimum absolute atomic E-state index is 0.662. The van der Waals surface area contributed by atoms with E-state index in [-0.39, 0.29) is 0 Å². The number of aromatic nitrogens is 2. The van der Waals surface area contributed by atoms with Gasteiger partial charge in [0.05, 0.1) is 38.5 Å². The predicted octanol–water partition coefficient (Wildman–Crippen LogP) is 3.14. The second kappa shape index (κ2) is 9.07. The van der Waals surface area contributed by atoms with Crippen LogP contribution in [0.5, 0.6) is 11.5 Å². The van der Waals surface area contributed by atoms with Crippen LogP contribution < -0.4 is 9.47 Å². The Morgan fingerprint density at radius 2 is 1.86 bits per heavy atom. The topological polar surface area (TPSA) is 61.1 Å². The van der Waals surface area contributed by atoms with Gasteiger partial charge in [0.15, 0.2) is 11.5 Å². The Kier molecular flexibility index (Phi) is 6.07. The highest BCUT2D eigenvalue weighted by molar-refractivity contribution is 5.87. The zero-order chi connectivity index (χ0) is 20.1. The number of benzene rings is 2. The number of hydrogen-bond donors (Lipinski definition) is 0. The molecule has 7 heteroatoms. The Hall–Kier alpha value is -2.90. The van der Waals surface area contributed by atoms with Crippen molar-refractivity contribution < 1.29 is 14.2 Å². The third-order valence-corrected chi connectivity index (χ3v) is 5.13. The van der Waals surface area contributed by atoms with E-state index in [9.17, 15) is 0 Å². The highest BCUT2D eigenvalue weighted by Gasteiger charge is 2.14. The van der Waals surface area contributed by atoms with Crippen molar-refractivity contribution >= 4 is 23.2 Å². The molecule has 2 heterocycles. The molecule has 1 aliphatic rings. The number of hydrogen-bond acceptors (Lipinski definition) is 6. The molecule has 3 aromatic rings. The van der Waals surface area contributed by atoms with Gasteiger partial charge in [0.1, 0.15) is 0 Å². The van der Waals surface area contributed by atoms with E-state index >= 15 is 0 Å². The Labute approximate surface area is 170 Å². The third kappa shape index (κ3) is 4.26. The van der Waals surface area contributed by atoms with E-state index in [2.05, 4.69) is 15.5 Å². The molecule has 2 aromatic carbocycles. The standard InChI is InChI=1S/C22H26N4O3/c1-27-20-9-5-6-17(21(20)28-2)16-23-22-24-18-7-3-4-8-19(18)26(22)11-10-25-12-14-29-15-13-25/h3-9,16H,10-15H2,1-2H3/b23-16+. The number of morpholine rings is 1. The number of rotatable bonds is 7. The van der Waals surface area contributed by atoms with Crippen LogP contribution in [-0.2, 0) is 11.3 Å². The molecule has 1 aliphatic heterocycles. The van der Waals surface area contributed by atoms with Gasteiger partial charge >= 0.3 is 0 Å². The van der Waals surface area contributed by atoms with E-state index in [1.54, 1.807) is 20.4 Å². The minimum atomic E-state index is 0.662. The summed E-state index contributed by atoms with van der Waals surface area (Å²) in [5, 5.41) is 0. The maximum Gasteiger partial charge on any atom is 0.230 e. The summed E-state index contributed by atoms with van der Waals surface area (Å²) >= 11 is 0. The first-order chi connectivity index (χ1) is 14.3. The van der Waals surface area contributed by atoms with Gasteiger partial charge in [-0.2, -0.15) is 0 Å². The first kappa shape index (κ1) is 19.4. The van der Waals surface area contributed by atoms with Crippen molar-refractivity contribution in [3.8, 4) is 11.5 Å². The predicted molar refractivity (Wildman–Crippen MR) is 114 cm³/mol. The molecule has 0 unspecified atom stereocenters. The van der Waals surface area contributed by atoms with E-state index in [0.29, 0.717) is 17.4 Å². The Bertz CT molecular complexity index is 993. The average molecular weight is 394 g/mol. The summed E-state index contributed by atoms with van der Waals surface area (Å²) in [6.07, 6.45) is 1.79. The molecule has 1 fully saturated rings. The first-order valence-electron chi connectivity index (χ1n) is 9.80. The lowest BCUT2D eigenvalue weighted by Gasteiger charge is -2.26. The zero-order valence-corrected chi connectivity index (χ0v) is 16.9. The molecule has 1 aromatic heterocycles. The fraction of sp³-hybridized carbons (Fsp3) is 0.364. The maximum absolute atomic E-state index is 5.51. The average Bonchev–Trinajstić information content (AvgIpc) is 3.14. The lowest BCUT2D eigenvalue weighted by Crippen LogP contribution is -2.38. The van der Waals surface area contributed by atoms with Crippen LogP contribution in [0.4, 0.5) is 5.95 Å². The fourth-order valence-corrected chi connectivity index (χ4v) is 3.59. The van der Waals surface area contributed by atoms with E-state index in [1.807, 2.05) is 36.4 Å². The Morgan fingerprint density at radius 1 is 1.03 bits per heavy atom. The molecule has 1 saturated heterocycles. The molecule has 0 aliphatic carbocycles. The number of ether oxygens (including phenoxy) is 3. The lowest BCUT2D eigenvalue weighted by molar-refractivity contribution is 0.0366. The number of nitrogens with zero attached hydrogens (tertiary/aromatic N) is 4. The number of para-hydroxylation sites is 3. The van der Waals surface area contributed by atoms with Crippen LogP contribution in [0.3, 0.4) is 0 Å². The van der Waals surface area contributed by atoms with Crippen molar-refractivity contribution in [1.82, 2.24) is 14.5 Å². The van der Waals surface area contributed by atoms with Crippen LogP contribution in [-0.4, -0.2) is 67.7 Å². The summed E-state index contributed by atoms with van der Waals surface area (Å²) in [5.41, 5.74) is 2.88. The van der Waals surface area contributed by atoms with Gasteiger partial charge in [-0.15, -0.1) is 0 Å². The van der Waals surface area contributed by atoms with Gasteiger partial charge in [0.2, 0.25) is 5.95 Å². The summed E-state index contributed by atoms with van der Waals surface area (Å²) in [4.78, 5) is 11.9. The lowest BCUT2D eigenvalue weighted by atomic mass is 10.2. The van der Waals surface area contributed by atoms with Crippen LogP contribution in [0.2, 0.25) is 0 Å². The number of aliphatic imine (C=N–C) groups is 1. The summed E-state index contributed by atoms with van der Waals surface area (Å²) in [5.74, 6) is 2.02. The molecule has 0 N–H and O–H groups in total. The van der Waals surface area contributed by atoms with E-state index in [1.165, 1.54) is 0 Å². The Balaban J connectivity index is 1.64. The minimum Gasteiger partial charge on any atom is -0.493 e. The molecule has 0 saturated carbocycles. The van der Waals surface area contributed by atoms with Gasteiger partial charge in [-0.1, -0.05) is 18.2 Å². The maximum atomic E-state index is 5.51. The quantitative estimate of drug-likeness (QED) is 0.576. The summed E-state index contributed by atoms with van der Waals surface area (Å²) in [7, 11) is 3.26. The fourth-order valence-electron chi connectivity index (χ4n) is 3.59. The molecule has 0 bridgehead atoms. The molecule has 0 radical (unpaired) electrons.